The minimum absolute atomic E-state index is 0. The second-order valence-corrected chi connectivity index (χ2v) is 4.91. The van der Waals surface area contributed by atoms with Crippen LogP contribution in [0.2, 0.25) is 0 Å². The molecule has 1 aliphatic rings. The highest BCUT2D eigenvalue weighted by Crippen LogP contribution is 2.12. The smallest absolute Gasteiger partial charge is 0.224 e. The molecule has 6 heteroatoms. The molecule has 1 heterocycles. The van der Waals surface area contributed by atoms with Gasteiger partial charge in [0.2, 0.25) is 5.91 Å². The number of halogens is 3. The van der Waals surface area contributed by atoms with E-state index in [1.807, 2.05) is 0 Å². The lowest BCUT2D eigenvalue weighted by molar-refractivity contribution is -0.120. The second kappa shape index (κ2) is 8.17. The molecule has 1 aliphatic heterocycles. The quantitative estimate of drug-likeness (QED) is 0.894. The van der Waals surface area contributed by atoms with Crippen molar-refractivity contribution in [3.63, 3.8) is 0 Å². The van der Waals surface area contributed by atoms with Gasteiger partial charge in [0.15, 0.2) is 11.6 Å². The van der Waals surface area contributed by atoms with E-state index in [0.29, 0.717) is 12.5 Å². The van der Waals surface area contributed by atoms with Crippen LogP contribution in [0.25, 0.3) is 0 Å². The molecule has 2 N–H and O–H groups in total. The summed E-state index contributed by atoms with van der Waals surface area (Å²) in [6.45, 7) is 2.51. The molecule has 1 amide bonds. The Morgan fingerprint density at radius 3 is 2.90 bits per heavy atom. The molecule has 0 aliphatic carbocycles. The second-order valence-electron chi connectivity index (χ2n) is 4.91. The summed E-state index contributed by atoms with van der Waals surface area (Å²) in [5, 5.41) is 6.04. The van der Waals surface area contributed by atoms with Crippen molar-refractivity contribution in [1.82, 2.24) is 10.6 Å². The number of carbonyl (C=O) groups excluding carboxylic acids is 1. The molecule has 0 radical (unpaired) electrons. The van der Waals surface area contributed by atoms with Crippen LogP contribution in [0.5, 0.6) is 0 Å². The Balaban J connectivity index is 0.00000200. The third-order valence-electron chi connectivity index (χ3n) is 3.37. The van der Waals surface area contributed by atoms with Gasteiger partial charge in [-0.15, -0.1) is 12.4 Å². The molecule has 0 spiro atoms. The molecule has 20 heavy (non-hydrogen) atoms. The van der Waals surface area contributed by atoms with Crippen LogP contribution in [0.1, 0.15) is 18.4 Å². The summed E-state index contributed by atoms with van der Waals surface area (Å²) in [5.41, 5.74) is 0.0965. The van der Waals surface area contributed by atoms with Gasteiger partial charge in [-0.3, -0.25) is 4.79 Å². The van der Waals surface area contributed by atoms with E-state index in [0.717, 1.165) is 32.0 Å². The Kier molecular flexibility index (Phi) is 6.88. The number of piperidine rings is 1. The Hall–Kier alpha value is -1.20. The summed E-state index contributed by atoms with van der Waals surface area (Å²) in [6, 6.07) is 3.89. The van der Waals surface area contributed by atoms with Crippen LogP contribution in [0.3, 0.4) is 0 Å². The van der Waals surface area contributed by atoms with Crippen LogP contribution < -0.4 is 10.6 Å². The monoisotopic (exact) mass is 304 g/mol. The Labute approximate surface area is 123 Å². The predicted molar refractivity (Wildman–Crippen MR) is 75.9 cm³/mol. The Morgan fingerprint density at radius 2 is 2.20 bits per heavy atom. The van der Waals surface area contributed by atoms with Crippen LogP contribution in [0.4, 0.5) is 8.78 Å². The zero-order valence-corrected chi connectivity index (χ0v) is 11.9. The zero-order valence-electron chi connectivity index (χ0n) is 11.1. The van der Waals surface area contributed by atoms with Crippen LogP contribution in [0.15, 0.2) is 18.2 Å². The zero-order chi connectivity index (χ0) is 13.7. The van der Waals surface area contributed by atoms with Crippen molar-refractivity contribution < 1.29 is 13.6 Å². The van der Waals surface area contributed by atoms with E-state index in [1.54, 1.807) is 0 Å². The number of hydrogen-bond donors (Lipinski definition) is 2. The van der Waals surface area contributed by atoms with Crippen LogP contribution in [0, 0.1) is 17.6 Å². The van der Waals surface area contributed by atoms with Crippen LogP contribution in [-0.4, -0.2) is 25.5 Å². The fraction of sp³-hybridized carbons (Fsp3) is 0.500. The summed E-state index contributed by atoms with van der Waals surface area (Å²) < 4.78 is 26.4. The first-order chi connectivity index (χ1) is 9.16. The van der Waals surface area contributed by atoms with Gasteiger partial charge in [0.25, 0.3) is 0 Å². The molecule has 1 aromatic rings. The van der Waals surface area contributed by atoms with Gasteiger partial charge in [0.05, 0.1) is 6.42 Å². The maximum Gasteiger partial charge on any atom is 0.224 e. The highest BCUT2D eigenvalue weighted by molar-refractivity contribution is 5.85. The van der Waals surface area contributed by atoms with Gasteiger partial charge in [-0.2, -0.15) is 0 Å². The molecule has 1 atom stereocenters. The first-order valence-electron chi connectivity index (χ1n) is 6.57. The molecule has 1 fully saturated rings. The minimum atomic E-state index is -0.933. The molecule has 0 saturated carbocycles. The highest BCUT2D eigenvalue weighted by Gasteiger charge is 2.15. The van der Waals surface area contributed by atoms with E-state index in [-0.39, 0.29) is 30.3 Å². The average Bonchev–Trinajstić information content (AvgIpc) is 2.43. The lowest BCUT2D eigenvalue weighted by Crippen LogP contribution is -2.38. The average molecular weight is 305 g/mol. The molecule has 0 bridgehead atoms. The number of nitrogens with one attached hydrogen (secondary N) is 2. The number of hydrogen-bond acceptors (Lipinski definition) is 2. The summed E-state index contributed by atoms with van der Waals surface area (Å²) in [5.74, 6) is -1.69. The fourth-order valence-electron chi connectivity index (χ4n) is 2.28. The molecule has 1 unspecified atom stereocenters. The fourth-order valence-corrected chi connectivity index (χ4v) is 2.28. The third kappa shape index (κ3) is 4.72. The summed E-state index contributed by atoms with van der Waals surface area (Å²) in [4.78, 5) is 11.7. The summed E-state index contributed by atoms with van der Waals surface area (Å²) >= 11 is 0. The molecular weight excluding hydrogens is 286 g/mol. The van der Waals surface area contributed by atoms with Crippen molar-refractivity contribution in [2.24, 2.45) is 5.92 Å². The lowest BCUT2D eigenvalue weighted by atomic mass is 9.99. The maximum atomic E-state index is 13.4. The van der Waals surface area contributed by atoms with E-state index in [1.165, 1.54) is 12.1 Å². The topological polar surface area (TPSA) is 41.1 Å². The van der Waals surface area contributed by atoms with Crippen molar-refractivity contribution in [2.75, 3.05) is 19.6 Å². The van der Waals surface area contributed by atoms with Gasteiger partial charge in [-0.25, -0.2) is 8.78 Å². The molecular formula is C14H19ClF2N2O. The van der Waals surface area contributed by atoms with Crippen LogP contribution in [-0.2, 0) is 11.2 Å². The van der Waals surface area contributed by atoms with Gasteiger partial charge in [0.1, 0.15) is 0 Å². The number of rotatable bonds is 4. The Morgan fingerprint density at radius 1 is 1.40 bits per heavy atom. The van der Waals surface area contributed by atoms with Crippen molar-refractivity contribution in [3.05, 3.63) is 35.4 Å². The van der Waals surface area contributed by atoms with Gasteiger partial charge in [-0.1, -0.05) is 12.1 Å². The summed E-state index contributed by atoms with van der Waals surface area (Å²) in [6.07, 6.45) is 2.07. The normalized spacial score (nSPS) is 18.2. The van der Waals surface area contributed by atoms with Gasteiger partial charge in [-0.05, 0) is 37.9 Å². The lowest BCUT2D eigenvalue weighted by Gasteiger charge is -2.22. The SMILES string of the molecule is Cl.O=C(Cc1cccc(F)c1F)NCC1CCCNC1. The van der Waals surface area contributed by atoms with Gasteiger partial charge in [0, 0.05) is 12.1 Å². The maximum absolute atomic E-state index is 13.4. The van der Waals surface area contributed by atoms with E-state index in [2.05, 4.69) is 10.6 Å². The number of amides is 1. The van der Waals surface area contributed by atoms with Gasteiger partial charge < -0.3 is 10.6 Å². The van der Waals surface area contributed by atoms with E-state index >= 15 is 0 Å². The van der Waals surface area contributed by atoms with Gasteiger partial charge >= 0.3 is 0 Å². The largest absolute Gasteiger partial charge is 0.355 e. The van der Waals surface area contributed by atoms with Crippen molar-refractivity contribution in [3.8, 4) is 0 Å². The highest BCUT2D eigenvalue weighted by atomic mass is 35.5. The molecule has 1 aromatic carbocycles. The van der Waals surface area contributed by atoms with E-state index in [9.17, 15) is 13.6 Å². The Bertz CT molecular complexity index is 451. The molecule has 1 saturated heterocycles. The molecule has 2 rings (SSSR count). The first-order valence-corrected chi connectivity index (χ1v) is 6.57. The van der Waals surface area contributed by atoms with Crippen molar-refractivity contribution in [1.29, 1.82) is 0 Å². The predicted octanol–water partition coefficient (Wildman–Crippen LogP) is 2.04. The number of benzene rings is 1. The number of carbonyl (C=O) groups is 1. The first kappa shape index (κ1) is 16.9. The molecule has 0 aromatic heterocycles. The molecule has 3 nitrogen and oxygen atoms in total. The third-order valence-corrected chi connectivity index (χ3v) is 3.37. The van der Waals surface area contributed by atoms with E-state index in [4.69, 9.17) is 0 Å². The summed E-state index contributed by atoms with van der Waals surface area (Å²) in [7, 11) is 0. The van der Waals surface area contributed by atoms with Crippen molar-refractivity contribution >= 4 is 18.3 Å². The van der Waals surface area contributed by atoms with Crippen LogP contribution >= 0.6 is 12.4 Å². The van der Waals surface area contributed by atoms with Crippen molar-refractivity contribution in [2.45, 2.75) is 19.3 Å². The molecule has 112 valence electrons. The van der Waals surface area contributed by atoms with E-state index < -0.39 is 11.6 Å². The minimum Gasteiger partial charge on any atom is -0.355 e. The standard InChI is InChI=1S/C14H18F2N2O.ClH/c15-12-5-1-4-11(14(12)16)7-13(19)18-9-10-3-2-6-17-8-10;/h1,4-5,10,17H,2-3,6-9H2,(H,18,19);1H.